The Hall–Kier alpha value is -2.11. The van der Waals surface area contributed by atoms with Crippen molar-refractivity contribution in [3.8, 4) is 5.75 Å². The number of carbonyl (C=O) groups is 1. The second-order valence-electron chi connectivity index (χ2n) is 5.73. The molecule has 0 saturated carbocycles. The second-order valence-corrected chi connectivity index (χ2v) is 6.08. The monoisotopic (exact) mass is 348 g/mol. The van der Waals surface area contributed by atoms with Gasteiger partial charge < -0.3 is 15.2 Å². The number of nitrogens with one attached hydrogen (secondary N) is 1. The van der Waals surface area contributed by atoms with Crippen molar-refractivity contribution >= 4 is 17.5 Å². The number of aryl methyl sites for hydroxylation is 2. The summed E-state index contributed by atoms with van der Waals surface area (Å²) in [5.41, 5.74) is 2.51. The van der Waals surface area contributed by atoms with E-state index in [1.165, 1.54) is 0 Å². The number of halogens is 1. The molecular formula is C18H21ClN2O3. The fourth-order valence-electron chi connectivity index (χ4n) is 2.51. The molecule has 2 atom stereocenters. The van der Waals surface area contributed by atoms with Gasteiger partial charge >= 0.3 is 0 Å². The van der Waals surface area contributed by atoms with Crippen LogP contribution in [0.2, 0.25) is 5.15 Å². The zero-order valence-corrected chi connectivity index (χ0v) is 14.9. The molecule has 0 saturated heterocycles. The summed E-state index contributed by atoms with van der Waals surface area (Å²) in [4.78, 5) is 16.6. The average molecular weight is 349 g/mol. The van der Waals surface area contributed by atoms with E-state index in [-0.39, 0.29) is 11.1 Å². The van der Waals surface area contributed by atoms with Crippen LogP contribution in [0.5, 0.6) is 5.75 Å². The number of methoxy groups -OCH3 is 1. The van der Waals surface area contributed by atoms with Gasteiger partial charge in [0.25, 0.3) is 5.91 Å². The van der Waals surface area contributed by atoms with E-state index in [0.717, 1.165) is 11.3 Å². The molecule has 2 unspecified atom stereocenters. The van der Waals surface area contributed by atoms with E-state index >= 15 is 0 Å². The zero-order chi connectivity index (χ0) is 17.9. The molecule has 0 spiro atoms. The quantitative estimate of drug-likeness (QED) is 0.814. The number of aliphatic hydroxyl groups excluding tert-OH is 1. The third-order valence-corrected chi connectivity index (χ3v) is 4.09. The number of hydrogen-bond donors (Lipinski definition) is 2. The van der Waals surface area contributed by atoms with Gasteiger partial charge in [0.2, 0.25) is 0 Å². The van der Waals surface area contributed by atoms with Crippen LogP contribution in [0.25, 0.3) is 0 Å². The molecule has 0 fully saturated rings. The lowest BCUT2D eigenvalue weighted by molar-refractivity contribution is 0.0851. The standard InChI is InChI=1S/C18H21ClN2O3/c1-10-9-11(2)20-17(19)15(10)18(23)21-12(3)16(22)13-5-7-14(24-4)8-6-13/h5-9,12,16,22H,1-4H3,(H,21,23). The molecule has 0 bridgehead atoms. The first-order chi connectivity index (χ1) is 11.3. The lowest BCUT2D eigenvalue weighted by Gasteiger charge is -2.21. The molecule has 0 aliphatic rings. The van der Waals surface area contributed by atoms with Crippen LogP contribution < -0.4 is 10.1 Å². The topological polar surface area (TPSA) is 71.5 Å². The largest absolute Gasteiger partial charge is 0.497 e. The zero-order valence-electron chi connectivity index (χ0n) is 14.1. The second kappa shape index (κ2) is 7.64. The number of nitrogens with zero attached hydrogens (tertiary/aromatic N) is 1. The summed E-state index contributed by atoms with van der Waals surface area (Å²) in [6, 6.07) is 8.35. The molecule has 6 heteroatoms. The van der Waals surface area contributed by atoms with E-state index in [4.69, 9.17) is 16.3 Å². The highest BCUT2D eigenvalue weighted by atomic mass is 35.5. The highest BCUT2D eigenvalue weighted by Crippen LogP contribution is 2.22. The Morgan fingerprint density at radius 1 is 1.29 bits per heavy atom. The van der Waals surface area contributed by atoms with Crippen molar-refractivity contribution in [1.82, 2.24) is 10.3 Å². The van der Waals surface area contributed by atoms with Gasteiger partial charge in [0.15, 0.2) is 0 Å². The molecular weight excluding hydrogens is 328 g/mol. The summed E-state index contributed by atoms with van der Waals surface area (Å²) >= 11 is 6.09. The van der Waals surface area contributed by atoms with Crippen LogP contribution in [0.15, 0.2) is 30.3 Å². The molecule has 1 heterocycles. The third-order valence-electron chi connectivity index (χ3n) is 3.82. The maximum atomic E-state index is 12.5. The molecule has 2 rings (SSSR count). The lowest BCUT2D eigenvalue weighted by atomic mass is 10.0. The Morgan fingerprint density at radius 3 is 2.46 bits per heavy atom. The first-order valence-corrected chi connectivity index (χ1v) is 7.98. The Morgan fingerprint density at radius 2 is 1.92 bits per heavy atom. The van der Waals surface area contributed by atoms with Gasteiger partial charge in [0, 0.05) is 5.69 Å². The van der Waals surface area contributed by atoms with Crippen LogP contribution in [-0.2, 0) is 0 Å². The summed E-state index contributed by atoms with van der Waals surface area (Å²) in [5.74, 6) is 0.348. The summed E-state index contributed by atoms with van der Waals surface area (Å²) in [7, 11) is 1.58. The third kappa shape index (κ3) is 4.04. The van der Waals surface area contributed by atoms with Gasteiger partial charge in [-0.2, -0.15) is 0 Å². The van der Waals surface area contributed by atoms with E-state index in [1.54, 1.807) is 51.3 Å². The van der Waals surface area contributed by atoms with E-state index in [1.807, 2.05) is 6.92 Å². The number of amides is 1. The number of hydrogen-bond acceptors (Lipinski definition) is 4. The number of rotatable bonds is 5. The van der Waals surface area contributed by atoms with Crippen molar-refractivity contribution in [3.63, 3.8) is 0 Å². The normalized spacial score (nSPS) is 13.2. The summed E-state index contributed by atoms with van der Waals surface area (Å²) in [6.45, 7) is 5.36. The highest BCUT2D eigenvalue weighted by molar-refractivity contribution is 6.32. The van der Waals surface area contributed by atoms with Crippen LogP contribution in [-0.4, -0.2) is 29.1 Å². The Labute approximate surface area is 146 Å². The molecule has 1 amide bonds. The van der Waals surface area contributed by atoms with Crippen molar-refractivity contribution in [1.29, 1.82) is 0 Å². The van der Waals surface area contributed by atoms with Gasteiger partial charge in [0.05, 0.1) is 24.8 Å². The minimum absolute atomic E-state index is 0.163. The van der Waals surface area contributed by atoms with Crippen molar-refractivity contribution in [3.05, 3.63) is 57.9 Å². The molecule has 24 heavy (non-hydrogen) atoms. The van der Waals surface area contributed by atoms with E-state index in [9.17, 15) is 9.90 Å². The summed E-state index contributed by atoms with van der Waals surface area (Å²) in [6.07, 6.45) is -0.850. The van der Waals surface area contributed by atoms with Crippen LogP contribution in [0.1, 0.15) is 40.2 Å². The molecule has 0 radical (unpaired) electrons. The molecule has 128 valence electrons. The molecule has 5 nitrogen and oxygen atoms in total. The molecule has 1 aromatic heterocycles. The van der Waals surface area contributed by atoms with Gasteiger partial charge in [0.1, 0.15) is 10.9 Å². The number of carbonyl (C=O) groups excluding carboxylic acids is 1. The van der Waals surface area contributed by atoms with Gasteiger partial charge in [-0.3, -0.25) is 4.79 Å². The maximum Gasteiger partial charge on any atom is 0.254 e. The van der Waals surface area contributed by atoms with Crippen molar-refractivity contribution in [2.45, 2.75) is 32.9 Å². The minimum Gasteiger partial charge on any atom is -0.497 e. The van der Waals surface area contributed by atoms with E-state index < -0.39 is 12.1 Å². The van der Waals surface area contributed by atoms with Gasteiger partial charge in [-0.15, -0.1) is 0 Å². The molecule has 2 N–H and O–H groups in total. The van der Waals surface area contributed by atoms with E-state index in [2.05, 4.69) is 10.3 Å². The van der Waals surface area contributed by atoms with Gasteiger partial charge in [-0.05, 0) is 50.1 Å². The molecule has 0 aliphatic heterocycles. The highest BCUT2D eigenvalue weighted by Gasteiger charge is 2.22. The number of ether oxygens (including phenoxy) is 1. The van der Waals surface area contributed by atoms with Crippen molar-refractivity contribution in [2.24, 2.45) is 0 Å². The molecule has 0 aliphatic carbocycles. The molecule has 1 aromatic carbocycles. The Kier molecular flexibility index (Phi) is 5.80. The van der Waals surface area contributed by atoms with Crippen LogP contribution in [0, 0.1) is 13.8 Å². The number of aliphatic hydroxyl groups is 1. The average Bonchev–Trinajstić information content (AvgIpc) is 2.53. The van der Waals surface area contributed by atoms with Crippen LogP contribution in [0.4, 0.5) is 0 Å². The van der Waals surface area contributed by atoms with Gasteiger partial charge in [-0.1, -0.05) is 23.7 Å². The number of benzene rings is 1. The van der Waals surface area contributed by atoms with Gasteiger partial charge in [-0.25, -0.2) is 4.98 Å². The van der Waals surface area contributed by atoms with E-state index in [0.29, 0.717) is 16.9 Å². The number of aromatic nitrogens is 1. The fraction of sp³-hybridized carbons (Fsp3) is 0.333. The number of pyridine rings is 1. The predicted octanol–water partition coefficient (Wildman–Crippen LogP) is 3.21. The maximum absolute atomic E-state index is 12.5. The first kappa shape index (κ1) is 18.2. The summed E-state index contributed by atoms with van der Waals surface area (Å²) < 4.78 is 5.09. The van der Waals surface area contributed by atoms with Crippen LogP contribution in [0.3, 0.4) is 0 Å². The molecule has 2 aromatic rings. The minimum atomic E-state index is -0.850. The fourth-order valence-corrected chi connectivity index (χ4v) is 2.88. The lowest BCUT2D eigenvalue weighted by Crippen LogP contribution is -2.37. The smallest absolute Gasteiger partial charge is 0.254 e. The van der Waals surface area contributed by atoms with Crippen molar-refractivity contribution in [2.75, 3.05) is 7.11 Å². The van der Waals surface area contributed by atoms with Crippen molar-refractivity contribution < 1.29 is 14.6 Å². The predicted molar refractivity (Wildman–Crippen MR) is 93.6 cm³/mol. The first-order valence-electron chi connectivity index (χ1n) is 7.60. The Balaban J connectivity index is 2.13. The Bertz CT molecular complexity index is 709. The SMILES string of the molecule is COc1ccc(C(O)C(C)NC(=O)c2c(C)cc(C)nc2Cl)cc1. The summed E-state index contributed by atoms with van der Waals surface area (Å²) in [5, 5.41) is 13.4. The van der Waals surface area contributed by atoms with Crippen LogP contribution >= 0.6 is 11.6 Å².